The SMILES string of the molecule is C[C@]12C=CCCC1CC[C@@H]1C2=CC[C@]2(C(O)O)CCC[C@@H]12. The van der Waals surface area contributed by atoms with Crippen LogP contribution >= 0.6 is 0 Å². The zero-order chi connectivity index (χ0) is 14.7. The van der Waals surface area contributed by atoms with Gasteiger partial charge in [-0.3, -0.25) is 0 Å². The van der Waals surface area contributed by atoms with Gasteiger partial charge in [-0.15, -0.1) is 0 Å². The Kier molecular flexibility index (Phi) is 3.14. The first kappa shape index (κ1) is 14.0. The van der Waals surface area contributed by atoms with Crippen LogP contribution in [0.15, 0.2) is 23.8 Å². The molecule has 2 saturated carbocycles. The monoisotopic (exact) mass is 288 g/mol. The second-order valence-corrected chi connectivity index (χ2v) is 8.11. The van der Waals surface area contributed by atoms with Crippen LogP contribution in [0.25, 0.3) is 0 Å². The van der Waals surface area contributed by atoms with Gasteiger partial charge >= 0.3 is 0 Å². The highest BCUT2D eigenvalue weighted by Gasteiger charge is 2.56. The molecule has 0 aromatic rings. The zero-order valence-electron chi connectivity index (χ0n) is 13.1. The van der Waals surface area contributed by atoms with Gasteiger partial charge in [-0.25, -0.2) is 0 Å². The smallest absolute Gasteiger partial charge is 0.157 e. The summed E-state index contributed by atoms with van der Waals surface area (Å²) >= 11 is 0. The van der Waals surface area contributed by atoms with Gasteiger partial charge in [0.05, 0.1) is 0 Å². The Balaban J connectivity index is 1.76. The molecule has 2 fully saturated rings. The summed E-state index contributed by atoms with van der Waals surface area (Å²) < 4.78 is 0. The summed E-state index contributed by atoms with van der Waals surface area (Å²) in [5.74, 6) is 1.88. The van der Waals surface area contributed by atoms with Gasteiger partial charge in [-0.2, -0.15) is 0 Å². The summed E-state index contributed by atoms with van der Waals surface area (Å²) in [6.45, 7) is 2.43. The van der Waals surface area contributed by atoms with Gasteiger partial charge in [0.1, 0.15) is 0 Å². The lowest BCUT2D eigenvalue weighted by Crippen LogP contribution is -2.49. The van der Waals surface area contributed by atoms with E-state index in [0.29, 0.717) is 11.8 Å². The molecule has 0 bridgehead atoms. The third-order valence-electron chi connectivity index (χ3n) is 7.44. The van der Waals surface area contributed by atoms with E-state index < -0.39 is 6.29 Å². The molecule has 0 aromatic heterocycles. The second-order valence-electron chi connectivity index (χ2n) is 8.11. The van der Waals surface area contributed by atoms with Gasteiger partial charge in [0.15, 0.2) is 6.29 Å². The highest BCUT2D eigenvalue weighted by molar-refractivity contribution is 5.33. The van der Waals surface area contributed by atoms with E-state index in [1.54, 1.807) is 5.57 Å². The molecule has 2 heteroatoms. The molecule has 5 atom stereocenters. The van der Waals surface area contributed by atoms with Crippen molar-refractivity contribution in [2.45, 2.75) is 64.6 Å². The van der Waals surface area contributed by atoms with Crippen molar-refractivity contribution < 1.29 is 10.2 Å². The fourth-order valence-corrected chi connectivity index (χ4v) is 6.27. The normalized spacial score (nSPS) is 48.6. The molecule has 116 valence electrons. The van der Waals surface area contributed by atoms with Crippen LogP contribution in [0.5, 0.6) is 0 Å². The first-order chi connectivity index (χ1) is 10.1. The number of aliphatic hydroxyl groups is 2. The second kappa shape index (κ2) is 4.70. The summed E-state index contributed by atoms with van der Waals surface area (Å²) in [7, 11) is 0. The van der Waals surface area contributed by atoms with Crippen LogP contribution in [0.1, 0.15) is 58.3 Å². The van der Waals surface area contributed by atoms with Crippen molar-refractivity contribution in [3.63, 3.8) is 0 Å². The number of aliphatic hydroxyl groups excluding tert-OH is 1. The minimum absolute atomic E-state index is 0.240. The van der Waals surface area contributed by atoms with Crippen molar-refractivity contribution >= 4 is 0 Å². The lowest BCUT2D eigenvalue weighted by atomic mass is 9.50. The van der Waals surface area contributed by atoms with Crippen LogP contribution in [-0.4, -0.2) is 16.5 Å². The predicted molar refractivity (Wildman–Crippen MR) is 83.4 cm³/mol. The van der Waals surface area contributed by atoms with E-state index in [1.807, 2.05) is 0 Å². The van der Waals surface area contributed by atoms with Crippen molar-refractivity contribution in [3.8, 4) is 0 Å². The first-order valence-corrected chi connectivity index (χ1v) is 8.82. The quantitative estimate of drug-likeness (QED) is 0.569. The number of hydrogen-bond acceptors (Lipinski definition) is 2. The molecule has 2 N–H and O–H groups in total. The summed E-state index contributed by atoms with van der Waals surface area (Å²) in [5, 5.41) is 20.1. The third kappa shape index (κ3) is 1.78. The summed E-state index contributed by atoms with van der Waals surface area (Å²) in [4.78, 5) is 0. The Hall–Kier alpha value is -0.600. The average molecular weight is 288 g/mol. The number of hydrogen-bond donors (Lipinski definition) is 2. The molecule has 21 heavy (non-hydrogen) atoms. The van der Waals surface area contributed by atoms with Crippen molar-refractivity contribution in [2.24, 2.45) is 28.6 Å². The molecule has 4 aliphatic rings. The summed E-state index contributed by atoms with van der Waals surface area (Å²) in [6, 6.07) is 0. The lowest BCUT2D eigenvalue weighted by Gasteiger charge is -2.54. The van der Waals surface area contributed by atoms with Crippen LogP contribution in [0, 0.1) is 28.6 Å². The number of allylic oxidation sites excluding steroid dienone is 4. The van der Waals surface area contributed by atoms with E-state index in [1.165, 1.54) is 32.1 Å². The van der Waals surface area contributed by atoms with Crippen LogP contribution in [0.4, 0.5) is 0 Å². The molecule has 0 spiro atoms. The average Bonchev–Trinajstić information content (AvgIpc) is 2.92. The number of fused-ring (bicyclic) bond motifs is 5. The minimum Gasteiger partial charge on any atom is -0.368 e. The van der Waals surface area contributed by atoms with E-state index in [9.17, 15) is 10.2 Å². The number of rotatable bonds is 1. The first-order valence-electron chi connectivity index (χ1n) is 8.82. The Morgan fingerprint density at radius 3 is 2.86 bits per heavy atom. The van der Waals surface area contributed by atoms with E-state index in [-0.39, 0.29) is 10.8 Å². The predicted octanol–water partition coefficient (Wildman–Crippen LogP) is 3.80. The fraction of sp³-hybridized carbons (Fsp3) is 0.789. The largest absolute Gasteiger partial charge is 0.368 e. The Morgan fingerprint density at radius 1 is 1.19 bits per heavy atom. The molecule has 2 nitrogen and oxygen atoms in total. The standard InChI is InChI=1S/C19H28O2/c1-18-10-3-2-5-13(18)7-8-14-15(18)9-12-19(17(20)21)11-4-6-16(14)19/h3,9-10,13-14,16-17,20-21H,2,4-8,11-12H2,1H3/t13?,14-,16+,18+,19-/m1/s1. The fourth-order valence-electron chi connectivity index (χ4n) is 6.27. The van der Waals surface area contributed by atoms with Crippen molar-refractivity contribution in [2.75, 3.05) is 0 Å². The van der Waals surface area contributed by atoms with Crippen molar-refractivity contribution in [1.82, 2.24) is 0 Å². The maximum Gasteiger partial charge on any atom is 0.157 e. The Bertz CT molecular complexity index is 492. The van der Waals surface area contributed by atoms with Crippen molar-refractivity contribution in [3.05, 3.63) is 23.8 Å². The maximum atomic E-state index is 10.0. The molecule has 1 unspecified atom stereocenters. The van der Waals surface area contributed by atoms with E-state index in [0.717, 1.165) is 25.2 Å². The molecule has 0 aliphatic heterocycles. The highest BCUT2D eigenvalue weighted by atomic mass is 16.5. The molecule has 0 saturated heterocycles. The third-order valence-corrected chi connectivity index (χ3v) is 7.44. The van der Waals surface area contributed by atoms with Gasteiger partial charge in [0.2, 0.25) is 0 Å². The lowest BCUT2D eigenvalue weighted by molar-refractivity contribution is -0.161. The Morgan fingerprint density at radius 2 is 2.05 bits per heavy atom. The molecule has 0 aromatic carbocycles. The van der Waals surface area contributed by atoms with Gasteiger partial charge in [0.25, 0.3) is 0 Å². The molecule has 0 amide bonds. The maximum absolute atomic E-state index is 10.0. The molecule has 4 aliphatic carbocycles. The van der Waals surface area contributed by atoms with E-state index >= 15 is 0 Å². The van der Waals surface area contributed by atoms with Crippen LogP contribution in [0.2, 0.25) is 0 Å². The van der Waals surface area contributed by atoms with Crippen LogP contribution in [-0.2, 0) is 0 Å². The molecule has 0 radical (unpaired) electrons. The molecule has 4 rings (SSSR count). The molecular formula is C19H28O2. The van der Waals surface area contributed by atoms with Crippen LogP contribution in [0.3, 0.4) is 0 Å². The topological polar surface area (TPSA) is 40.5 Å². The molecule has 0 heterocycles. The zero-order valence-corrected chi connectivity index (χ0v) is 13.1. The van der Waals surface area contributed by atoms with E-state index in [4.69, 9.17) is 0 Å². The summed E-state index contributed by atoms with van der Waals surface area (Å²) in [6.07, 6.45) is 15.5. The van der Waals surface area contributed by atoms with Gasteiger partial charge in [0, 0.05) is 10.8 Å². The summed E-state index contributed by atoms with van der Waals surface area (Å²) in [5.41, 5.74) is 1.64. The van der Waals surface area contributed by atoms with Crippen LogP contribution < -0.4 is 0 Å². The minimum atomic E-state index is -1.14. The van der Waals surface area contributed by atoms with E-state index in [2.05, 4.69) is 25.2 Å². The molecular weight excluding hydrogens is 260 g/mol. The van der Waals surface area contributed by atoms with Gasteiger partial charge < -0.3 is 10.2 Å². The van der Waals surface area contributed by atoms with Crippen molar-refractivity contribution in [1.29, 1.82) is 0 Å². The highest BCUT2D eigenvalue weighted by Crippen LogP contribution is 2.63. The van der Waals surface area contributed by atoms with Gasteiger partial charge in [-0.05, 0) is 62.7 Å². The Labute approximate surface area is 127 Å². The van der Waals surface area contributed by atoms with Gasteiger partial charge in [-0.1, -0.05) is 37.1 Å².